The maximum absolute atomic E-state index is 12.6. The van der Waals surface area contributed by atoms with Crippen LogP contribution in [0.2, 0.25) is 0 Å². The Morgan fingerprint density at radius 3 is 3.00 bits per heavy atom. The highest BCUT2D eigenvalue weighted by Crippen LogP contribution is 2.14. The van der Waals surface area contributed by atoms with Gasteiger partial charge in [-0.1, -0.05) is 0 Å². The average molecular weight is 323 g/mol. The van der Waals surface area contributed by atoms with Crippen LogP contribution in [0.1, 0.15) is 16.1 Å². The number of carboxylic acids is 1. The first-order valence-electron chi connectivity index (χ1n) is 6.58. The van der Waals surface area contributed by atoms with Gasteiger partial charge in [0, 0.05) is 23.8 Å². The number of hydrogen-bond acceptors (Lipinski definition) is 6. The number of rotatable bonds is 2. The molecule has 0 aliphatic carbocycles. The van der Waals surface area contributed by atoms with Gasteiger partial charge in [-0.15, -0.1) is 11.3 Å². The first-order chi connectivity index (χ1) is 10.5. The molecule has 1 aliphatic heterocycles. The van der Waals surface area contributed by atoms with Gasteiger partial charge in [-0.05, 0) is 6.92 Å². The third kappa shape index (κ3) is 2.28. The highest BCUT2D eigenvalue weighted by atomic mass is 32.1. The lowest BCUT2D eigenvalue weighted by molar-refractivity contribution is -0.147. The molecule has 1 saturated heterocycles. The van der Waals surface area contributed by atoms with Crippen LogP contribution >= 0.6 is 11.3 Å². The average Bonchev–Trinajstić information content (AvgIpc) is 2.89. The molecule has 1 atom stereocenters. The fourth-order valence-electron chi connectivity index (χ4n) is 2.38. The predicted molar refractivity (Wildman–Crippen MR) is 77.4 cm³/mol. The van der Waals surface area contributed by atoms with Crippen LogP contribution in [-0.2, 0) is 9.53 Å². The van der Waals surface area contributed by atoms with E-state index in [-0.39, 0.29) is 25.3 Å². The van der Waals surface area contributed by atoms with Gasteiger partial charge in [-0.25, -0.2) is 9.78 Å². The van der Waals surface area contributed by atoms with E-state index in [1.807, 2.05) is 0 Å². The minimum Gasteiger partial charge on any atom is -0.480 e. The van der Waals surface area contributed by atoms with Crippen LogP contribution in [0.3, 0.4) is 0 Å². The van der Waals surface area contributed by atoms with Crippen molar-refractivity contribution in [2.24, 2.45) is 0 Å². The summed E-state index contributed by atoms with van der Waals surface area (Å²) in [7, 11) is 0. The summed E-state index contributed by atoms with van der Waals surface area (Å²) in [6.07, 6.45) is 1.21. The Kier molecular flexibility index (Phi) is 3.67. The zero-order valence-corrected chi connectivity index (χ0v) is 12.5. The van der Waals surface area contributed by atoms with Crippen molar-refractivity contribution in [3.05, 3.63) is 33.2 Å². The number of nitrogens with zero attached hydrogens (tertiary/aromatic N) is 3. The minimum absolute atomic E-state index is 0.0877. The normalized spacial score (nSPS) is 18.6. The first kappa shape index (κ1) is 14.7. The zero-order chi connectivity index (χ0) is 15.9. The number of amides is 1. The van der Waals surface area contributed by atoms with Gasteiger partial charge in [0.1, 0.15) is 5.56 Å². The van der Waals surface area contributed by atoms with Crippen LogP contribution in [0.5, 0.6) is 0 Å². The van der Waals surface area contributed by atoms with Crippen LogP contribution in [0.15, 0.2) is 16.4 Å². The van der Waals surface area contributed by atoms with E-state index in [1.165, 1.54) is 21.9 Å². The van der Waals surface area contributed by atoms with Crippen molar-refractivity contribution in [3.8, 4) is 0 Å². The SMILES string of the molecule is Cc1csc2ncc(C(=O)N3CCOCC3C(=O)O)c(=O)n12. The van der Waals surface area contributed by atoms with Crippen LogP contribution in [0.25, 0.3) is 4.96 Å². The van der Waals surface area contributed by atoms with E-state index in [0.717, 1.165) is 4.90 Å². The monoisotopic (exact) mass is 323 g/mol. The molecule has 0 aromatic carbocycles. The molecular formula is C13H13N3O5S. The zero-order valence-electron chi connectivity index (χ0n) is 11.7. The number of morpholine rings is 1. The second-order valence-electron chi connectivity index (χ2n) is 4.90. The van der Waals surface area contributed by atoms with Gasteiger partial charge in [0.05, 0.1) is 13.2 Å². The number of hydrogen-bond donors (Lipinski definition) is 1. The van der Waals surface area contributed by atoms with E-state index in [2.05, 4.69) is 4.98 Å². The van der Waals surface area contributed by atoms with E-state index in [9.17, 15) is 19.5 Å². The molecule has 9 heteroatoms. The van der Waals surface area contributed by atoms with Crippen molar-refractivity contribution in [1.29, 1.82) is 0 Å². The van der Waals surface area contributed by atoms with Crippen molar-refractivity contribution in [2.45, 2.75) is 13.0 Å². The Balaban J connectivity index is 2.04. The number of carboxylic acid groups (broad SMARTS) is 1. The number of thiazole rings is 1. The maximum atomic E-state index is 12.6. The molecule has 8 nitrogen and oxygen atoms in total. The number of carbonyl (C=O) groups excluding carboxylic acids is 1. The summed E-state index contributed by atoms with van der Waals surface area (Å²) in [6.45, 7) is 2.02. The van der Waals surface area contributed by atoms with Crippen molar-refractivity contribution in [2.75, 3.05) is 19.8 Å². The molecule has 116 valence electrons. The number of aromatic nitrogens is 2. The lowest BCUT2D eigenvalue weighted by atomic mass is 10.2. The quantitative estimate of drug-likeness (QED) is 0.834. The number of carbonyl (C=O) groups is 2. The van der Waals surface area contributed by atoms with Gasteiger partial charge in [-0.2, -0.15) is 0 Å². The van der Waals surface area contributed by atoms with E-state index in [0.29, 0.717) is 10.7 Å². The van der Waals surface area contributed by atoms with Gasteiger partial charge in [0.2, 0.25) is 0 Å². The summed E-state index contributed by atoms with van der Waals surface area (Å²) in [4.78, 5) is 42.0. The summed E-state index contributed by atoms with van der Waals surface area (Å²) >= 11 is 1.30. The fourth-order valence-corrected chi connectivity index (χ4v) is 3.20. The standard InChI is InChI=1S/C13H13N3O5S/c1-7-6-22-13-14-4-8(11(18)16(7)13)10(17)15-2-3-21-5-9(15)12(19)20/h4,6,9H,2-3,5H2,1H3,(H,19,20). The third-order valence-corrected chi connectivity index (χ3v) is 4.48. The lowest BCUT2D eigenvalue weighted by Gasteiger charge is -2.32. The Bertz CT molecular complexity index is 812. The highest BCUT2D eigenvalue weighted by Gasteiger charge is 2.34. The molecule has 1 amide bonds. The van der Waals surface area contributed by atoms with Crippen molar-refractivity contribution in [3.63, 3.8) is 0 Å². The summed E-state index contributed by atoms with van der Waals surface area (Å²) in [6, 6.07) is -1.09. The van der Waals surface area contributed by atoms with Crippen LogP contribution in [0.4, 0.5) is 0 Å². The molecule has 0 radical (unpaired) electrons. The number of ether oxygens (including phenoxy) is 1. The van der Waals surface area contributed by atoms with Crippen molar-refractivity contribution >= 4 is 28.2 Å². The second-order valence-corrected chi connectivity index (χ2v) is 5.74. The molecule has 2 aromatic rings. The summed E-state index contributed by atoms with van der Waals surface area (Å²) < 4.78 is 6.45. The van der Waals surface area contributed by atoms with Crippen molar-refractivity contribution < 1.29 is 19.4 Å². The van der Waals surface area contributed by atoms with E-state index in [1.54, 1.807) is 12.3 Å². The van der Waals surface area contributed by atoms with E-state index in [4.69, 9.17) is 4.74 Å². The lowest BCUT2D eigenvalue weighted by Crippen LogP contribution is -2.53. The molecule has 0 spiro atoms. The maximum Gasteiger partial charge on any atom is 0.328 e. The van der Waals surface area contributed by atoms with E-state index < -0.39 is 23.5 Å². The minimum atomic E-state index is -1.16. The fraction of sp³-hybridized carbons (Fsp3) is 0.385. The van der Waals surface area contributed by atoms with E-state index >= 15 is 0 Å². The second kappa shape index (κ2) is 5.50. The highest BCUT2D eigenvalue weighted by molar-refractivity contribution is 7.15. The topological polar surface area (TPSA) is 101 Å². The van der Waals surface area contributed by atoms with Gasteiger partial charge >= 0.3 is 5.97 Å². The smallest absolute Gasteiger partial charge is 0.328 e. The largest absolute Gasteiger partial charge is 0.480 e. The molecule has 0 bridgehead atoms. The van der Waals surface area contributed by atoms with Gasteiger partial charge in [0.15, 0.2) is 11.0 Å². The molecular weight excluding hydrogens is 310 g/mol. The molecule has 2 aromatic heterocycles. The Hall–Kier alpha value is -2.26. The van der Waals surface area contributed by atoms with Crippen molar-refractivity contribution in [1.82, 2.24) is 14.3 Å². The summed E-state index contributed by atoms with van der Waals surface area (Å²) in [5.74, 6) is -1.79. The molecule has 1 fully saturated rings. The van der Waals surface area contributed by atoms with Crippen LogP contribution < -0.4 is 5.56 Å². The summed E-state index contributed by atoms with van der Waals surface area (Å²) in [5.41, 5.74) is 0.0699. The Morgan fingerprint density at radius 2 is 2.27 bits per heavy atom. The molecule has 3 heterocycles. The number of aliphatic carboxylic acids is 1. The van der Waals surface area contributed by atoms with Gasteiger partial charge in [0.25, 0.3) is 11.5 Å². The number of fused-ring (bicyclic) bond motifs is 1. The molecule has 22 heavy (non-hydrogen) atoms. The third-order valence-electron chi connectivity index (χ3n) is 3.52. The number of aryl methyl sites for hydroxylation is 1. The molecule has 0 saturated carbocycles. The summed E-state index contributed by atoms with van der Waals surface area (Å²) in [5, 5.41) is 11.0. The van der Waals surface area contributed by atoms with Gasteiger partial charge < -0.3 is 14.7 Å². The van der Waals surface area contributed by atoms with Crippen LogP contribution in [0, 0.1) is 6.92 Å². The Morgan fingerprint density at radius 1 is 1.50 bits per heavy atom. The van der Waals surface area contributed by atoms with Gasteiger partial charge in [-0.3, -0.25) is 14.0 Å². The van der Waals surface area contributed by atoms with Crippen LogP contribution in [-0.4, -0.2) is 57.1 Å². The first-order valence-corrected chi connectivity index (χ1v) is 7.46. The molecule has 1 unspecified atom stereocenters. The molecule has 1 aliphatic rings. The Labute approximate surface area is 128 Å². The predicted octanol–water partition coefficient (Wildman–Crippen LogP) is -0.00998. The molecule has 1 N–H and O–H groups in total. The molecule has 3 rings (SSSR count).